The molecule has 0 aromatic heterocycles. The van der Waals surface area contributed by atoms with Gasteiger partial charge in [-0.1, -0.05) is 78.9 Å². The van der Waals surface area contributed by atoms with E-state index >= 15 is 0 Å². The molecule has 0 heterocycles. The number of nitrogens with zero attached hydrogens (tertiary/aromatic N) is 1. The molecule has 3 N–H and O–H groups in total. The molecule has 9 heteroatoms. The van der Waals surface area contributed by atoms with Crippen molar-refractivity contribution in [1.29, 1.82) is 0 Å². The molecule has 8 nitrogen and oxygen atoms in total. The molecule has 1 aliphatic carbocycles. The highest BCUT2D eigenvalue weighted by atomic mass is 19.1. The van der Waals surface area contributed by atoms with Gasteiger partial charge in [-0.05, 0) is 53.1 Å². The molecule has 4 aromatic rings. The first-order valence-corrected chi connectivity index (χ1v) is 13.5. The fraction of sp³-hybridized carbons (Fsp3) is 0.182. The predicted octanol–water partition coefficient (Wildman–Crippen LogP) is 5.50. The molecule has 1 unspecified atom stereocenters. The van der Waals surface area contributed by atoms with Crippen molar-refractivity contribution in [3.63, 3.8) is 0 Å². The zero-order valence-corrected chi connectivity index (χ0v) is 22.9. The number of anilines is 1. The lowest BCUT2D eigenvalue weighted by atomic mass is 9.98. The molecular weight excluding hydrogens is 537 g/mol. The van der Waals surface area contributed by atoms with Crippen molar-refractivity contribution in [3.8, 4) is 11.1 Å². The maximum Gasteiger partial charge on any atom is 0.407 e. The van der Waals surface area contributed by atoms with Crippen LogP contribution in [0.2, 0.25) is 0 Å². The molecular formula is C33H30FN3O5. The lowest BCUT2D eigenvalue weighted by Crippen LogP contribution is -2.50. The fourth-order valence-electron chi connectivity index (χ4n) is 5.24. The molecule has 42 heavy (non-hydrogen) atoms. The summed E-state index contributed by atoms with van der Waals surface area (Å²) in [6, 6.07) is 27.8. The maximum atomic E-state index is 13.9. The molecule has 2 amide bonds. The Kier molecular flexibility index (Phi) is 8.59. The van der Waals surface area contributed by atoms with Crippen LogP contribution in [0.3, 0.4) is 0 Å². The summed E-state index contributed by atoms with van der Waals surface area (Å²) in [6.45, 7) is 0.711. The van der Waals surface area contributed by atoms with E-state index < -0.39 is 35.4 Å². The van der Waals surface area contributed by atoms with E-state index in [2.05, 4.69) is 10.6 Å². The number of alkyl carbamates (subject to hydrolysis) is 1. The minimum atomic E-state index is -1.46. The van der Waals surface area contributed by atoms with Crippen LogP contribution in [0, 0.1) is 5.82 Å². The van der Waals surface area contributed by atoms with E-state index in [0.29, 0.717) is 6.54 Å². The average molecular weight is 568 g/mol. The highest BCUT2D eigenvalue weighted by Crippen LogP contribution is 2.44. The Hall–Kier alpha value is -5.02. The van der Waals surface area contributed by atoms with Crippen LogP contribution >= 0.6 is 0 Å². The van der Waals surface area contributed by atoms with Crippen LogP contribution < -0.4 is 10.6 Å². The standard InChI is InChI=1S/C33H30FN3O5/c1-37(18-21-9-3-2-4-10-21)19-30(31(38)35-22-15-16-29(34)27(17-22)32(39)40)36-33(41)42-20-28-25-13-7-5-11-23(25)24-12-6-8-14-26(24)28/h2-17,28,30H,18-20H2,1H3,(H,35,38)(H,36,41)(H,39,40). The van der Waals surface area contributed by atoms with Gasteiger partial charge in [-0.25, -0.2) is 14.0 Å². The van der Waals surface area contributed by atoms with Gasteiger partial charge in [0.2, 0.25) is 5.91 Å². The Labute approximate surface area is 242 Å². The van der Waals surface area contributed by atoms with Crippen LogP contribution in [-0.4, -0.2) is 54.2 Å². The van der Waals surface area contributed by atoms with Crippen molar-refractivity contribution in [2.75, 3.05) is 25.5 Å². The molecule has 0 fully saturated rings. The van der Waals surface area contributed by atoms with Gasteiger partial charge >= 0.3 is 12.1 Å². The molecule has 214 valence electrons. The number of ether oxygens (including phenoxy) is 1. The lowest BCUT2D eigenvalue weighted by molar-refractivity contribution is -0.118. The van der Waals surface area contributed by atoms with Crippen LogP contribution in [0.15, 0.2) is 97.1 Å². The van der Waals surface area contributed by atoms with E-state index in [1.54, 1.807) is 0 Å². The molecule has 0 bridgehead atoms. The van der Waals surface area contributed by atoms with Crippen molar-refractivity contribution < 1.29 is 28.6 Å². The van der Waals surface area contributed by atoms with Crippen LogP contribution in [0.5, 0.6) is 0 Å². The van der Waals surface area contributed by atoms with Gasteiger partial charge in [-0.2, -0.15) is 0 Å². The molecule has 0 saturated carbocycles. The summed E-state index contributed by atoms with van der Waals surface area (Å²) in [7, 11) is 1.81. The van der Waals surface area contributed by atoms with Gasteiger partial charge in [-0.3, -0.25) is 9.69 Å². The zero-order chi connectivity index (χ0) is 29.6. The number of carboxylic acid groups (broad SMARTS) is 1. The smallest absolute Gasteiger partial charge is 0.407 e. The minimum Gasteiger partial charge on any atom is -0.478 e. The number of nitrogens with one attached hydrogen (secondary N) is 2. The van der Waals surface area contributed by atoms with Crippen LogP contribution in [-0.2, 0) is 16.1 Å². The number of likely N-dealkylation sites (N-methyl/N-ethyl adjacent to an activating group) is 1. The van der Waals surface area contributed by atoms with Crippen molar-refractivity contribution >= 4 is 23.7 Å². The van der Waals surface area contributed by atoms with Gasteiger partial charge in [0.05, 0.1) is 5.56 Å². The normalized spacial score (nSPS) is 12.7. The van der Waals surface area contributed by atoms with Gasteiger partial charge in [0, 0.05) is 24.7 Å². The second-order valence-corrected chi connectivity index (χ2v) is 10.2. The number of halogens is 1. The molecule has 4 aromatic carbocycles. The van der Waals surface area contributed by atoms with E-state index in [4.69, 9.17) is 4.74 Å². The number of aromatic carboxylic acids is 1. The third-order valence-corrected chi connectivity index (χ3v) is 7.21. The molecule has 1 atom stereocenters. The molecule has 0 aliphatic heterocycles. The molecule has 0 saturated heterocycles. The van der Waals surface area contributed by atoms with Crippen LogP contribution in [0.25, 0.3) is 11.1 Å². The van der Waals surface area contributed by atoms with Gasteiger partial charge in [0.15, 0.2) is 0 Å². The Balaban J connectivity index is 1.30. The third-order valence-electron chi connectivity index (χ3n) is 7.21. The van der Waals surface area contributed by atoms with Gasteiger partial charge < -0.3 is 20.5 Å². The summed E-state index contributed by atoms with van der Waals surface area (Å²) in [5.74, 6) is -3.13. The monoisotopic (exact) mass is 567 g/mol. The number of fused-ring (bicyclic) bond motifs is 3. The number of carbonyl (C=O) groups is 3. The SMILES string of the molecule is CN(Cc1ccccc1)CC(NC(=O)OCC1c2ccccc2-c2ccccc21)C(=O)Nc1ccc(F)c(C(=O)O)c1. The third kappa shape index (κ3) is 6.47. The Morgan fingerprint density at radius 1 is 0.905 bits per heavy atom. The van der Waals surface area contributed by atoms with Crippen LogP contribution in [0.1, 0.15) is 33.0 Å². The first-order chi connectivity index (χ1) is 20.3. The van der Waals surface area contributed by atoms with Crippen molar-refractivity contribution in [3.05, 3.63) is 125 Å². The molecule has 0 spiro atoms. The highest BCUT2D eigenvalue weighted by Gasteiger charge is 2.30. The fourth-order valence-corrected chi connectivity index (χ4v) is 5.24. The molecule has 5 rings (SSSR count). The zero-order valence-electron chi connectivity index (χ0n) is 22.9. The summed E-state index contributed by atoms with van der Waals surface area (Å²) < 4.78 is 19.6. The summed E-state index contributed by atoms with van der Waals surface area (Å²) >= 11 is 0. The summed E-state index contributed by atoms with van der Waals surface area (Å²) in [4.78, 5) is 39.6. The first-order valence-electron chi connectivity index (χ1n) is 13.5. The van der Waals surface area contributed by atoms with Gasteiger partial charge in [-0.15, -0.1) is 0 Å². The van der Waals surface area contributed by atoms with Crippen molar-refractivity contribution in [1.82, 2.24) is 10.2 Å². The summed E-state index contributed by atoms with van der Waals surface area (Å²) in [5.41, 5.74) is 4.86. The van der Waals surface area contributed by atoms with E-state index in [1.807, 2.05) is 90.8 Å². The number of rotatable bonds is 10. The number of hydrogen-bond acceptors (Lipinski definition) is 5. The van der Waals surface area contributed by atoms with Crippen molar-refractivity contribution in [2.24, 2.45) is 0 Å². The number of amides is 2. The minimum absolute atomic E-state index is 0.0774. The number of carbonyl (C=O) groups excluding carboxylic acids is 2. The van der Waals surface area contributed by atoms with Gasteiger partial charge in [0.1, 0.15) is 18.5 Å². The van der Waals surface area contributed by atoms with Crippen molar-refractivity contribution in [2.45, 2.75) is 18.5 Å². The Morgan fingerprint density at radius 3 is 2.17 bits per heavy atom. The lowest BCUT2D eigenvalue weighted by Gasteiger charge is -2.25. The summed E-state index contributed by atoms with van der Waals surface area (Å²) in [5, 5.41) is 14.5. The molecule has 0 radical (unpaired) electrons. The molecule has 1 aliphatic rings. The topological polar surface area (TPSA) is 108 Å². The second-order valence-electron chi connectivity index (χ2n) is 10.2. The Bertz CT molecular complexity index is 1570. The highest BCUT2D eigenvalue weighted by molar-refractivity contribution is 5.98. The Morgan fingerprint density at radius 2 is 1.52 bits per heavy atom. The van der Waals surface area contributed by atoms with E-state index in [0.717, 1.165) is 39.9 Å². The largest absolute Gasteiger partial charge is 0.478 e. The number of benzene rings is 4. The number of carboxylic acids is 1. The maximum absolute atomic E-state index is 13.9. The van der Waals surface area contributed by atoms with E-state index in [1.165, 1.54) is 6.07 Å². The quantitative estimate of drug-likeness (QED) is 0.234. The van der Waals surface area contributed by atoms with E-state index in [9.17, 15) is 23.9 Å². The second kappa shape index (κ2) is 12.7. The van der Waals surface area contributed by atoms with Gasteiger partial charge in [0.25, 0.3) is 0 Å². The first kappa shape index (κ1) is 28.5. The van der Waals surface area contributed by atoms with Crippen LogP contribution in [0.4, 0.5) is 14.9 Å². The predicted molar refractivity (Wildman–Crippen MR) is 157 cm³/mol. The van der Waals surface area contributed by atoms with E-state index in [-0.39, 0.29) is 24.8 Å². The number of hydrogen-bond donors (Lipinski definition) is 3. The average Bonchev–Trinajstić information content (AvgIpc) is 3.30. The summed E-state index contributed by atoms with van der Waals surface area (Å²) in [6.07, 6.45) is -0.768.